The molecule has 1 aromatic heterocycles. The molecule has 4 rings (SSSR count). The second-order valence-corrected chi connectivity index (χ2v) is 9.77. The zero-order valence-corrected chi connectivity index (χ0v) is 18.5. The van der Waals surface area contributed by atoms with E-state index in [2.05, 4.69) is 45.3 Å². The van der Waals surface area contributed by atoms with Crippen molar-refractivity contribution in [2.75, 3.05) is 6.61 Å². The summed E-state index contributed by atoms with van der Waals surface area (Å²) >= 11 is 0. The Hall–Kier alpha value is -2.49. The Morgan fingerprint density at radius 2 is 2.00 bits per heavy atom. The van der Waals surface area contributed by atoms with Crippen LogP contribution in [-0.4, -0.2) is 22.2 Å². The number of ether oxygens (including phenoxy) is 1. The van der Waals surface area contributed by atoms with E-state index in [9.17, 15) is 9.90 Å². The zero-order chi connectivity index (χ0) is 21.5. The van der Waals surface area contributed by atoms with Gasteiger partial charge in [-0.2, -0.15) is 0 Å². The number of phenols is 1. The third kappa shape index (κ3) is 3.46. The number of benzene rings is 1. The Morgan fingerprint density at radius 1 is 1.23 bits per heavy atom. The van der Waals surface area contributed by atoms with E-state index in [-0.39, 0.29) is 22.5 Å². The number of phenolic OH excluding ortho intramolecular Hbond substituents is 1. The van der Waals surface area contributed by atoms with Crippen LogP contribution in [0.25, 0.3) is 6.08 Å². The number of hydrogen-bond donors (Lipinski definition) is 1. The van der Waals surface area contributed by atoms with Gasteiger partial charge >= 0.3 is 5.97 Å². The summed E-state index contributed by atoms with van der Waals surface area (Å²) < 4.78 is 7.42. The maximum absolute atomic E-state index is 12.9. The van der Waals surface area contributed by atoms with Gasteiger partial charge in [0.2, 0.25) is 0 Å². The van der Waals surface area contributed by atoms with Crippen LogP contribution in [0, 0.1) is 11.3 Å². The molecule has 2 aromatic rings. The fourth-order valence-electron chi connectivity index (χ4n) is 5.78. The number of fused-ring (bicyclic) bond motifs is 3. The molecule has 0 amide bonds. The Kier molecular flexibility index (Phi) is 5.29. The van der Waals surface area contributed by atoms with Crippen molar-refractivity contribution in [2.45, 2.75) is 64.8 Å². The lowest BCUT2D eigenvalue weighted by molar-refractivity contribution is -0.147. The fraction of sp³-hybridized carbons (Fsp3) is 0.500. The van der Waals surface area contributed by atoms with Crippen LogP contribution < -0.4 is 0 Å². The maximum Gasteiger partial charge on any atom is 0.329 e. The standard InChI is InChI=1S/C26H33NO3/c1-5-30-24(29)21(15-18-9-6-7-10-22(18)28)27-16-19-11-12-23-25(2,3)13-8-14-26(23,4)20(19)17-27/h6-7,9-12,16-17,21,23,28H,5,8,13-15H2,1-4H3/t21?,23?,26-/m0/s1. The number of esters is 1. The Balaban J connectivity index is 1.73. The molecule has 0 aliphatic heterocycles. The van der Waals surface area contributed by atoms with E-state index in [0.717, 1.165) is 12.0 Å². The van der Waals surface area contributed by atoms with Crippen LogP contribution in [0.1, 0.15) is 69.7 Å². The van der Waals surface area contributed by atoms with Crippen molar-refractivity contribution in [1.82, 2.24) is 4.57 Å². The Morgan fingerprint density at radius 3 is 2.73 bits per heavy atom. The van der Waals surface area contributed by atoms with Crippen LogP contribution in [0.3, 0.4) is 0 Å². The fourth-order valence-corrected chi connectivity index (χ4v) is 5.78. The Labute approximate surface area is 179 Å². The van der Waals surface area contributed by atoms with E-state index in [1.54, 1.807) is 12.1 Å². The van der Waals surface area contributed by atoms with Crippen LogP contribution in [0.15, 0.2) is 42.7 Å². The van der Waals surface area contributed by atoms with Crippen molar-refractivity contribution in [3.63, 3.8) is 0 Å². The summed E-state index contributed by atoms with van der Waals surface area (Å²) in [6.07, 6.45) is 12.9. The van der Waals surface area contributed by atoms with Gasteiger partial charge in [0.1, 0.15) is 11.8 Å². The molecule has 1 saturated carbocycles. The predicted molar refractivity (Wildman–Crippen MR) is 119 cm³/mol. The van der Waals surface area contributed by atoms with Crippen molar-refractivity contribution in [2.24, 2.45) is 11.3 Å². The topological polar surface area (TPSA) is 51.5 Å². The first kappa shape index (κ1) is 20.8. The average molecular weight is 408 g/mol. The minimum Gasteiger partial charge on any atom is -0.508 e. The molecule has 0 spiro atoms. The summed E-state index contributed by atoms with van der Waals surface area (Å²) in [5.74, 6) is 0.439. The molecule has 30 heavy (non-hydrogen) atoms. The molecule has 1 heterocycles. The SMILES string of the molecule is CCOC(=O)C(Cc1ccccc1O)n1cc2c(c1)[C@]1(C)CCCC(C)(C)C1C=C2. The van der Waals surface area contributed by atoms with E-state index in [0.29, 0.717) is 18.9 Å². The van der Waals surface area contributed by atoms with Crippen molar-refractivity contribution in [3.8, 4) is 5.75 Å². The molecule has 0 bridgehead atoms. The average Bonchev–Trinajstić information content (AvgIpc) is 3.12. The molecule has 2 unspecified atom stereocenters. The monoisotopic (exact) mass is 407 g/mol. The normalized spacial score (nSPS) is 25.3. The summed E-state index contributed by atoms with van der Waals surface area (Å²) in [7, 11) is 0. The van der Waals surface area contributed by atoms with Gasteiger partial charge in [-0.3, -0.25) is 0 Å². The number of carbonyl (C=O) groups excluding carboxylic acids is 1. The molecule has 160 valence electrons. The molecule has 2 aliphatic rings. The van der Waals surface area contributed by atoms with Gasteiger partial charge in [0.05, 0.1) is 6.61 Å². The van der Waals surface area contributed by atoms with Crippen molar-refractivity contribution < 1.29 is 14.6 Å². The van der Waals surface area contributed by atoms with Crippen molar-refractivity contribution in [3.05, 3.63) is 59.4 Å². The summed E-state index contributed by atoms with van der Waals surface area (Å²) in [6.45, 7) is 9.30. The highest BCUT2D eigenvalue weighted by Crippen LogP contribution is 2.56. The minimum absolute atomic E-state index is 0.0746. The largest absolute Gasteiger partial charge is 0.508 e. The highest BCUT2D eigenvalue weighted by molar-refractivity contribution is 5.75. The first-order chi connectivity index (χ1) is 14.3. The molecule has 1 fully saturated rings. The van der Waals surface area contributed by atoms with Gasteiger partial charge in [-0.1, -0.05) is 57.5 Å². The molecular formula is C26H33NO3. The van der Waals surface area contributed by atoms with E-state index in [1.165, 1.54) is 24.0 Å². The second-order valence-electron chi connectivity index (χ2n) is 9.77. The van der Waals surface area contributed by atoms with Gasteiger partial charge in [-0.25, -0.2) is 4.79 Å². The molecule has 2 aliphatic carbocycles. The minimum atomic E-state index is -0.504. The summed E-state index contributed by atoms with van der Waals surface area (Å²) in [4.78, 5) is 12.9. The molecule has 4 nitrogen and oxygen atoms in total. The van der Waals surface area contributed by atoms with E-state index in [4.69, 9.17) is 4.74 Å². The number of nitrogens with zero attached hydrogens (tertiary/aromatic N) is 1. The number of aromatic nitrogens is 1. The number of para-hydroxylation sites is 1. The molecule has 4 heteroatoms. The third-order valence-corrected chi connectivity index (χ3v) is 7.33. The lowest BCUT2D eigenvalue weighted by Crippen LogP contribution is -2.45. The van der Waals surface area contributed by atoms with Gasteiger partial charge in [0.25, 0.3) is 0 Å². The summed E-state index contributed by atoms with van der Waals surface area (Å²) in [6, 6.07) is 6.71. The van der Waals surface area contributed by atoms with Crippen LogP contribution in [0.5, 0.6) is 5.75 Å². The molecule has 3 atom stereocenters. The third-order valence-electron chi connectivity index (χ3n) is 7.33. The number of allylic oxidation sites excluding steroid dienone is 1. The van der Waals surface area contributed by atoms with Crippen LogP contribution >= 0.6 is 0 Å². The van der Waals surface area contributed by atoms with Crippen molar-refractivity contribution >= 4 is 12.0 Å². The van der Waals surface area contributed by atoms with Gasteiger partial charge in [0.15, 0.2) is 0 Å². The van der Waals surface area contributed by atoms with Gasteiger partial charge in [-0.05, 0) is 53.9 Å². The lowest BCUT2D eigenvalue weighted by Gasteiger charge is -2.51. The first-order valence-corrected chi connectivity index (χ1v) is 11.1. The Bertz CT molecular complexity index is 970. The molecule has 1 N–H and O–H groups in total. The number of carbonyl (C=O) groups is 1. The van der Waals surface area contributed by atoms with Gasteiger partial charge < -0.3 is 14.4 Å². The van der Waals surface area contributed by atoms with Crippen LogP contribution in [0.2, 0.25) is 0 Å². The lowest BCUT2D eigenvalue weighted by atomic mass is 9.53. The van der Waals surface area contributed by atoms with E-state index in [1.807, 2.05) is 23.6 Å². The maximum atomic E-state index is 12.9. The molecule has 0 saturated heterocycles. The number of hydrogen-bond acceptors (Lipinski definition) is 3. The predicted octanol–water partition coefficient (Wildman–Crippen LogP) is 5.65. The molecule has 0 radical (unpaired) electrons. The van der Waals surface area contributed by atoms with E-state index < -0.39 is 6.04 Å². The van der Waals surface area contributed by atoms with Crippen LogP contribution in [0.4, 0.5) is 0 Å². The highest BCUT2D eigenvalue weighted by atomic mass is 16.5. The zero-order valence-electron chi connectivity index (χ0n) is 18.5. The van der Waals surface area contributed by atoms with Crippen LogP contribution in [-0.2, 0) is 21.4 Å². The van der Waals surface area contributed by atoms with Gasteiger partial charge in [-0.15, -0.1) is 0 Å². The van der Waals surface area contributed by atoms with Crippen molar-refractivity contribution in [1.29, 1.82) is 0 Å². The first-order valence-electron chi connectivity index (χ1n) is 11.1. The second kappa shape index (κ2) is 7.64. The number of aromatic hydroxyl groups is 1. The molecular weight excluding hydrogens is 374 g/mol. The highest BCUT2D eigenvalue weighted by Gasteiger charge is 2.48. The summed E-state index contributed by atoms with van der Waals surface area (Å²) in [5.41, 5.74) is 3.61. The number of rotatable bonds is 5. The molecule has 1 aromatic carbocycles. The smallest absolute Gasteiger partial charge is 0.329 e. The quantitative estimate of drug-likeness (QED) is 0.652. The van der Waals surface area contributed by atoms with Gasteiger partial charge in [0, 0.05) is 24.2 Å². The van der Waals surface area contributed by atoms with E-state index >= 15 is 0 Å². The summed E-state index contributed by atoms with van der Waals surface area (Å²) in [5, 5.41) is 10.3.